The Labute approximate surface area is 96.8 Å². The van der Waals surface area contributed by atoms with Gasteiger partial charge in [0.2, 0.25) is 0 Å². The Hall–Kier alpha value is -1.26. The summed E-state index contributed by atoms with van der Waals surface area (Å²) in [5.74, 6) is -0.990. The number of rotatable bonds is 6. The van der Waals surface area contributed by atoms with Gasteiger partial charge in [0.1, 0.15) is 6.04 Å². The van der Waals surface area contributed by atoms with Gasteiger partial charge in [0.15, 0.2) is 0 Å². The number of hydrogen-bond donors (Lipinski definition) is 2. The largest absolute Gasteiger partial charge is 0.480 e. The Kier molecular flexibility index (Phi) is 6.53. The number of nitrogens with one attached hydrogen (secondary N) is 1. The van der Waals surface area contributed by atoms with Gasteiger partial charge in [-0.3, -0.25) is 0 Å². The summed E-state index contributed by atoms with van der Waals surface area (Å²) in [5, 5.41) is 11.4. The normalized spacial score (nSPS) is 14.0. The molecule has 0 heterocycles. The molecule has 0 aromatic carbocycles. The van der Waals surface area contributed by atoms with E-state index in [-0.39, 0.29) is 12.1 Å². The molecule has 2 unspecified atom stereocenters. The van der Waals surface area contributed by atoms with Gasteiger partial charge in [0.05, 0.1) is 0 Å². The molecule has 2 N–H and O–H groups in total. The molecule has 0 saturated heterocycles. The zero-order valence-corrected chi connectivity index (χ0v) is 10.5. The van der Waals surface area contributed by atoms with E-state index in [2.05, 4.69) is 5.32 Å². The maximum absolute atomic E-state index is 11.8. The molecule has 0 aliphatic rings. The van der Waals surface area contributed by atoms with Crippen LogP contribution >= 0.6 is 0 Å². The second-order valence-corrected chi connectivity index (χ2v) is 3.79. The smallest absolute Gasteiger partial charge is 0.326 e. The summed E-state index contributed by atoms with van der Waals surface area (Å²) in [5.41, 5.74) is 0. The molecule has 0 radical (unpaired) electrons. The molecule has 0 aromatic rings. The molecule has 0 fully saturated rings. The Bertz CT molecular complexity index is 243. The van der Waals surface area contributed by atoms with Crippen molar-refractivity contribution >= 4 is 12.0 Å². The van der Waals surface area contributed by atoms with E-state index in [1.54, 1.807) is 11.8 Å². The summed E-state index contributed by atoms with van der Waals surface area (Å²) in [6.07, 6.45) is 1.24. The molecule has 2 amide bonds. The first-order valence-electron chi connectivity index (χ1n) is 5.77. The third-order valence-corrected chi connectivity index (χ3v) is 2.73. The quantitative estimate of drug-likeness (QED) is 0.729. The average Bonchev–Trinajstić information content (AvgIpc) is 2.25. The van der Waals surface area contributed by atoms with Crippen molar-refractivity contribution in [2.45, 2.75) is 52.6 Å². The highest BCUT2D eigenvalue weighted by molar-refractivity contribution is 5.82. The molecule has 0 aliphatic heterocycles. The fourth-order valence-electron chi connectivity index (χ4n) is 1.45. The second kappa shape index (κ2) is 7.09. The van der Waals surface area contributed by atoms with E-state index >= 15 is 0 Å². The molecule has 0 bridgehead atoms. The molecule has 0 rings (SSSR count). The van der Waals surface area contributed by atoms with Gasteiger partial charge in [-0.2, -0.15) is 0 Å². The molecule has 5 heteroatoms. The zero-order chi connectivity index (χ0) is 12.7. The van der Waals surface area contributed by atoms with Crippen LogP contribution in [0.1, 0.15) is 40.5 Å². The van der Waals surface area contributed by atoms with E-state index in [0.29, 0.717) is 13.0 Å². The van der Waals surface area contributed by atoms with Gasteiger partial charge in [-0.15, -0.1) is 0 Å². The number of carboxylic acid groups (broad SMARTS) is 1. The van der Waals surface area contributed by atoms with Gasteiger partial charge in [0.25, 0.3) is 0 Å². The number of amides is 2. The number of urea groups is 1. The van der Waals surface area contributed by atoms with E-state index in [0.717, 1.165) is 6.42 Å². The van der Waals surface area contributed by atoms with Crippen molar-refractivity contribution in [2.75, 3.05) is 6.54 Å². The van der Waals surface area contributed by atoms with Crippen molar-refractivity contribution in [3.8, 4) is 0 Å². The fraction of sp³-hybridized carbons (Fsp3) is 0.818. The van der Waals surface area contributed by atoms with Crippen LogP contribution in [-0.2, 0) is 4.79 Å². The number of nitrogens with zero attached hydrogens (tertiary/aromatic N) is 1. The molecule has 0 aromatic heterocycles. The van der Waals surface area contributed by atoms with Crippen LogP contribution in [0.15, 0.2) is 0 Å². The lowest BCUT2D eigenvalue weighted by Crippen LogP contribution is -2.50. The minimum atomic E-state index is -0.990. The first-order valence-corrected chi connectivity index (χ1v) is 5.77. The molecule has 16 heavy (non-hydrogen) atoms. The van der Waals surface area contributed by atoms with Crippen molar-refractivity contribution in [3.05, 3.63) is 0 Å². The van der Waals surface area contributed by atoms with Crippen molar-refractivity contribution in [1.82, 2.24) is 10.2 Å². The van der Waals surface area contributed by atoms with E-state index in [1.165, 1.54) is 0 Å². The summed E-state index contributed by atoms with van der Waals surface area (Å²) in [6.45, 7) is 8.14. The molecule has 94 valence electrons. The highest BCUT2D eigenvalue weighted by atomic mass is 16.4. The number of hydrogen-bond acceptors (Lipinski definition) is 2. The average molecular weight is 230 g/mol. The predicted octanol–water partition coefficient (Wildman–Crippen LogP) is 1.68. The molecule has 5 nitrogen and oxygen atoms in total. The molecule has 0 saturated carbocycles. The molecular formula is C11H22N2O3. The Morgan fingerprint density at radius 1 is 1.25 bits per heavy atom. The minimum Gasteiger partial charge on any atom is -0.480 e. The maximum Gasteiger partial charge on any atom is 0.326 e. The topological polar surface area (TPSA) is 69.6 Å². The van der Waals surface area contributed by atoms with Gasteiger partial charge >= 0.3 is 12.0 Å². The summed E-state index contributed by atoms with van der Waals surface area (Å²) in [7, 11) is 0. The van der Waals surface area contributed by atoms with Crippen LogP contribution in [-0.4, -0.2) is 40.6 Å². The standard InChI is InChI=1S/C11H22N2O3/c1-5-8(4)13(7-3)11(16)12-9(6-2)10(14)15/h8-9H,5-7H2,1-4H3,(H,12,16)(H,14,15). The summed E-state index contributed by atoms with van der Waals surface area (Å²) in [6, 6.07) is -0.979. The van der Waals surface area contributed by atoms with Crippen molar-refractivity contribution in [2.24, 2.45) is 0 Å². The Morgan fingerprint density at radius 2 is 1.81 bits per heavy atom. The van der Waals surface area contributed by atoms with Gasteiger partial charge < -0.3 is 15.3 Å². The monoisotopic (exact) mass is 230 g/mol. The van der Waals surface area contributed by atoms with E-state index in [9.17, 15) is 9.59 Å². The van der Waals surface area contributed by atoms with Gasteiger partial charge in [-0.05, 0) is 26.7 Å². The third kappa shape index (κ3) is 4.08. The van der Waals surface area contributed by atoms with Crippen molar-refractivity contribution in [3.63, 3.8) is 0 Å². The van der Waals surface area contributed by atoms with E-state index in [4.69, 9.17) is 5.11 Å². The van der Waals surface area contributed by atoms with Gasteiger partial charge in [-0.1, -0.05) is 13.8 Å². The zero-order valence-electron chi connectivity index (χ0n) is 10.5. The predicted molar refractivity (Wildman–Crippen MR) is 62.4 cm³/mol. The van der Waals surface area contributed by atoms with Crippen LogP contribution < -0.4 is 5.32 Å². The number of carbonyl (C=O) groups is 2. The van der Waals surface area contributed by atoms with Crippen LogP contribution in [0, 0.1) is 0 Å². The first kappa shape index (κ1) is 14.7. The second-order valence-electron chi connectivity index (χ2n) is 3.79. The minimum absolute atomic E-state index is 0.122. The SMILES string of the molecule is CCC(NC(=O)N(CC)C(C)CC)C(=O)O. The third-order valence-electron chi connectivity index (χ3n) is 2.73. The van der Waals surface area contributed by atoms with Crippen LogP contribution in [0.25, 0.3) is 0 Å². The summed E-state index contributed by atoms with van der Waals surface area (Å²) < 4.78 is 0. The van der Waals surface area contributed by atoms with Gasteiger partial charge in [0, 0.05) is 12.6 Å². The first-order chi connectivity index (χ1) is 7.47. The van der Waals surface area contributed by atoms with Crippen LogP contribution in [0.4, 0.5) is 4.79 Å². The summed E-state index contributed by atoms with van der Waals surface area (Å²) >= 11 is 0. The van der Waals surface area contributed by atoms with Gasteiger partial charge in [-0.25, -0.2) is 9.59 Å². The fourth-order valence-corrected chi connectivity index (χ4v) is 1.45. The lowest BCUT2D eigenvalue weighted by atomic mass is 10.2. The van der Waals surface area contributed by atoms with E-state index < -0.39 is 12.0 Å². The molecule has 0 spiro atoms. The molecule has 0 aliphatic carbocycles. The molecule has 2 atom stereocenters. The number of aliphatic carboxylic acids is 1. The van der Waals surface area contributed by atoms with Crippen LogP contribution in [0.5, 0.6) is 0 Å². The Balaban J connectivity index is 4.46. The lowest BCUT2D eigenvalue weighted by molar-refractivity contribution is -0.139. The number of carboxylic acids is 1. The summed E-state index contributed by atoms with van der Waals surface area (Å²) in [4.78, 5) is 24.2. The maximum atomic E-state index is 11.8. The highest BCUT2D eigenvalue weighted by Crippen LogP contribution is 2.04. The van der Waals surface area contributed by atoms with Crippen molar-refractivity contribution in [1.29, 1.82) is 0 Å². The van der Waals surface area contributed by atoms with Crippen molar-refractivity contribution < 1.29 is 14.7 Å². The van der Waals surface area contributed by atoms with E-state index in [1.807, 2.05) is 20.8 Å². The number of carbonyl (C=O) groups excluding carboxylic acids is 1. The lowest BCUT2D eigenvalue weighted by Gasteiger charge is -2.28. The highest BCUT2D eigenvalue weighted by Gasteiger charge is 2.22. The Morgan fingerprint density at radius 3 is 2.12 bits per heavy atom. The molecular weight excluding hydrogens is 208 g/mol. The van der Waals surface area contributed by atoms with Crippen LogP contribution in [0.3, 0.4) is 0 Å². The van der Waals surface area contributed by atoms with Crippen LogP contribution in [0.2, 0.25) is 0 Å².